The quantitative estimate of drug-likeness (QED) is 0.470. The number of urea groups is 1. The zero-order valence-corrected chi connectivity index (χ0v) is 18.2. The smallest absolute Gasteiger partial charge is 0.315 e. The minimum absolute atomic E-state index is 0.200. The van der Waals surface area contributed by atoms with Gasteiger partial charge in [-0.2, -0.15) is 5.10 Å². The number of hydrogen-bond donors (Lipinski definition) is 2. The maximum absolute atomic E-state index is 12.2. The number of ether oxygens (including phenoxy) is 1. The van der Waals surface area contributed by atoms with Crippen molar-refractivity contribution in [2.24, 2.45) is 0 Å². The van der Waals surface area contributed by atoms with Crippen LogP contribution in [0.3, 0.4) is 0 Å². The first kappa shape index (κ1) is 20.8. The van der Waals surface area contributed by atoms with Crippen LogP contribution in [0.4, 0.5) is 4.79 Å². The van der Waals surface area contributed by atoms with Gasteiger partial charge in [-0.05, 0) is 64.9 Å². The first-order valence-electron chi connectivity index (χ1n) is 11.1. The van der Waals surface area contributed by atoms with E-state index in [-0.39, 0.29) is 6.03 Å². The van der Waals surface area contributed by atoms with E-state index in [2.05, 4.69) is 63.2 Å². The van der Waals surface area contributed by atoms with Gasteiger partial charge in [-0.25, -0.2) is 14.5 Å². The lowest BCUT2D eigenvalue weighted by molar-refractivity contribution is 0.240. The summed E-state index contributed by atoms with van der Waals surface area (Å²) in [4.78, 5) is 16.2. The van der Waals surface area contributed by atoms with Gasteiger partial charge in [0.15, 0.2) is 0 Å². The molecule has 0 atom stereocenters. The molecule has 0 aliphatic carbocycles. The average molecular weight is 440 g/mol. The van der Waals surface area contributed by atoms with Gasteiger partial charge in [0.1, 0.15) is 18.4 Å². The number of aromatic nitrogens is 3. The van der Waals surface area contributed by atoms with Gasteiger partial charge in [-0.3, -0.25) is 0 Å². The average Bonchev–Trinajstić information content (AvgIpc) is 3.42. The molecule has 0 unspecified atom stereocenters. The molecule has 1 aromatic heterocycles. The Kier molecular flexibility index (Phi) is 6.01. The third-order valence-corrected chi connectivity index (χ3v) is 5.72. The molecule has 0 saturated heterocycles. The van der Waals surface area contributed by atoms with Crippen LogP contribution in [-0.4, -0.2) is 27.4 Å². The number of carbonyl (C=O) groups is 1. The fraction of sp³-hybridized carbons (Fsp3) is 0.192. The third-order valence-electron chi connectivity index (χ3n) is 5.72. The van der Waals surface area contributed by atoms with Crippen LogP contribution in [0.1, 0.15) is 23.1 Å². The predicted molar refractivity (Wildman–Crippen MR) is 126 cm³/mol. The Morgan fingerprint density at radius 3 is 2.30 bits per heavy atom. The Morgan fingerprint density at radius 1 is 0.909 bits per heavy atom. The van der Waals surface area contributed by atoms with Crippen LogP contribution in [0.2, 0.25) is 0 Å². The van der Waals surface area contributed by atoms with Crippen molar-refractivity contribution in [2.75, 3.05) is 6.61 Å². The minimum atomic E-state index is -0.200. The van der Waals surface area contributed by atoms with E-state index in [9.17, 15) is 4.79 Å². The number of hydrogen-bond acceptors (Lipinski definition) is 4. The Hall–Kier alpha value is -4.13. The molecule has 7 nitrogen and oxygen atoms in total. The van der Waals surface area contributed by atoms with Crippen molar-refractivity contribution in [1.29, 1.82) is 0 Å². The maximum atomic E-state index is 12.2. The fourth-order valence-corrected chi connectivity index (χ4v) is 3.89. The monoisotopic (exact) mass is 439 g/mol. The van der Waals surface area contributed by atoms with Gasteiger partial charge in [0, 0.05) is 13.1 Å². The van der Waals surface area contributed by atoms with E-state index in [4.69, 9.17) is 4.74 Å². The number of nitrogens with one attached hydrogen (secondary N) is 2. The molecule has 2 N–H and O–H groups in total. The number of aryl methyl sites for hydroxylation is 1. The van der Waals surface area contributed by atoms with Crippen LogP contribution in [-0.2, 0) is 19.5 Å². The lowest BCUT2D eigenvalue weighted by atomic mass is 9.98. The first-order valence-corrected chi connectivity index (χ1v) is 11.1. The minimum Gasteiger partial charge on any atom is -0.493 e. The standard InChI is InChI=1S/C26H25N5O2/c32-26(29-16-20-5-10-24(11-6-20)31-18-27-17-30-31)28-15-19-3-7-21(8-4-19)22-9-12-25-23(14-22)2-1-13-33-25/h3-12,14,17-18H,1-2,13,15-16H2,(H2,28,29,32). The Bertz CT molecular complexity index is 1220. The van der Waals surface area contributed by atoms with Crippen LogP contribution in [0.15, 0.2) is 79.4 Å². The molecule has 2 amide bonds. The lowest BCUT2D eigenvalue weighted by Crippen LogP contribution is -2.34. The maximum Gasteiger partial charge on any atom is 0.315 e. The highest BCUT2D eigenvalue weighted by Crippen LogP contribution is 2.30. The van der Waals surface area contributed by atoms with Crippen LogP contribution in [0, 0.1) is 0 Å². The second-order valence-electron chi connectivity index (χ2n) is 8.01. The van der Waals surface area contributed by atoms with Crippen molar-refractivity contribution in [3.05, 3.63) is 96.1 Å². The molecular weight excluding hydrogens is 414 g/mol. The SMILES string of the molecule is O=C(NCc1ccc(-c2ccc3c(c2)CCCO3)cc1)NCc1ccc(-n2cncn2)cc1. The van der Waals surface area contributed by atoms with Gasteiger partial charge >= 0.3 is 6.03 Å². The molecule has 0 bridgehead atoms. The first-order chi connectivity index (χ1) is 16.2. The summed E-state index contributed by atoms with van der Waals surface area (Å²) in [5.41, 5.74) is 6.60. The van der Waals surface area contributed by atoms with Gasteiger partial charge in [-0.15, -0.1) is 0 Å². The van der Waals surface area contributed by atoms with Crippen LogP contribution >= 0.6 is 0 Å². The van der Waals surface area contributed by atoms with E-state index in [1.165, 1.54) is 17.5 Å². The molecule has 0 saturated carbocycles. The molecule has 0 radical (unpaired) electrons. The summed E-state index contributed by atoms with van der Waals surface area (Å²) in [5, 5.41) is 9.91. The van der Waals surface area contributed by atoms with Crippen molar-refractivity contribution >= 4 is 6.03 Å². The molecule has 7 heteroatoms. The zero-order chi connectivity index (χ0) is 22.5. The van der Waals surface area contributed by atoms with Crippen molar-refractivity contribution in [1.82, 2.24) is 25.4 Å². The predicted octanol–water partition coefficient (Wildman–Crippen LogP) is 4.26. The van der Waals surface area contributed by atoms with E-state index >= 15 is 0 Å². The summed E-state index contributed by atoms with van der Waals surface area (Å²) in [5.74, 6) is 1.00. The van der Waals surface area contributed by atoms with E-state index < -0.39 is 0 Å². The summed E-state index contributed by atoms with van der Waals surface area (Å²) >= 11 is 0. The van der Waals surface area contributed by atoms with Gasteiger partial charge in [0.2, 0.25) is 0 Å². The highest BCUT2D eigenvalue weighted by Gasteiger charge is 2.11. The van der Waals surface area contributed by atoms with Gasteiger partial charge < -0.3 is 15.4 Å². The molecule has 1 aliphatic heterocycles. The molecule has 33 heavy (non-hydrogen) atoms. The largest absolute Gasteiger partial charge is 0.493 e. The number of fused-ring (bicyclic) bond motifs is 1. The molecular formula is C26H25N5O2. The van der Waals surface area contributed by atoms with Gasteiger partial charge in [0.05, 0.1) is 12.3 Å². The second kappa shape index (κ2) is 9.56. The molecule has 3 aromatic carbocycles. The Morgan fingerprint density at radius 2 is 1.61 bits per heavy atom. The molecule has 166 valence electrons. The number of rotatable bonds is 6. The molecule has 0 spiro atoms. The lowest BCUT2D eigenvalue weighted by Gasteiger charge is -2.18. The molecule has 5 rings (SSSR count). The third kappa shape index (κ3) is 5.03. The summed E-state index contributed by atoms with van der Waals surface area (Å²) in [6.45, 7) is 1.72. The van der Waals surface area contributed by atoms with Crippen molar-refractivity contribution in [3.63, 3.8) is 0 Å². The highest BCUT2D eigenvalue weighted by molar-refractivity contribution is 5.74. The summed E-state index contributed by atoms with van der Waals surface area (Å²) < 4.78 is 7.39. The molecule has 4 aromatic rings. The molecule has 0 fully saturated rings. The molecule has 2 heterocycles. The van der Waals surface area contributed by atoms with Crippen LogP contribution in [0.5, 0.6) is 5.75 Å². The van der Waals surface area contributed by atoms with Crippen molar-refractivity contribution in [3.8, 4) is 22.6 Å². The Balaban J connectivity index is 1.11. The van der Waals surface area contributed by atoms with Crippen molar-refractivity contribution < 1.29 is 9.53 Å². The summed E-state index contributed by atoms with van der Waals surface area (Å²) in [6.07, 6.45) is 5.27. The van der Waals surface area contributed by atoms with Crippen molar-refractivity contribution in [2.45, 2.75) is 25.9 Å². The van der Waals surface area contributed by atoms with Gasteiger partial charge in [0.25, 0.3) is 0 Å². The number of benzene rings is 3. The van der Waals surface area contributed by atoms with Gasteiger partial charge in [-0.1, -0.05) is 42.5 Å². The van der Waals surface area contributed by atoms with Crippen LogP contribution < -0.4 is 15.4 Å². The number of nitrogens with zero attached hydrogens (tertiary/aromatic N) is 3. The highest BCUT2D eigenvalue weighted by atomic mass is 16.5. The second-order valence-corrected chi connectivity index (χ2v) is 8.01. The van der Waals surface area contributed by atoms with E-state index in [0.29, 0.717) is 13.1 Å². The molecule has 1 aliphatic rings. The summed E-state index contributed by atoms with van der Waals surface area (Å²) in [7, 11) is 0. The topological polar surface area (TPSA) is 81.1 Å². The zero-order valence-electron chi connectivity index (χ0n) is 18.2. The fourth-order valence-electron chi connectivity index (χ4n) is 3.89. The number of carbonyl (C=O) groups excluding carboxylic acids is 1. The van der Waals surface area contributed by atoms with E-state index in [1.54, 1.807) is 11.0 Å². The normalized spacial score (nSPS) is 12.5. The van der Waals surface area contributed by atoms with E-state index in [1.807, 2.05) is 24.3 Å². The van der Waals surface area contributed by atoms with E-state index in [0.717, 1.165) is 47.6 Å². The van der Waals surface area contributed by atoms with Crippen LogP contribution in [0.25, 0.3) is 16.8 Å². The summed E-state index contributed by atoms with van der Waals surface area (Å²) in [6, 6.07) is 22.3. The number of amides is 2. The Labute approximate surface area is 192 Å².